The molecule has 1 amide bonds. The lowest BCUT2D eigenvalue weighted by atomic mass is 10.2. The van der Waals surface area contributed by atoms with Gasteiger partial charge in [0.25, 0.3) is 5.91 Å². The molecule has 2 heterocycles. The van der Waals surface area contributed by atoms with Crippen molar-refractivity contribution >= 4 is 33.2 Å². The highest BCUT2D eigenvalue weighted by Gasteiger charge is 2.32. The molecular formula is C7H6BrFN2OS. The third-order valence-corrected chi connectivity index (χ3v) is 3.32. The fraction of sp³-hybridized carbons (Fsp3) is 0.429. The summed E-state index contributed by atoms with van der Waals surface area (Å²) in [5.74, 6) is -0.176. The van der Waals surface area contributed by atoms with E-state index in [0.29, 0.717) is 9.61 Å². The zero-order valence-corrected chi connectivity index (χ0v) is 8.94. The summed E-state index contributed by atoms with van der Waals surface area (Å²) < 4.78 is 13.1. The second kappa shape index (κ2) is 3.34. The van der Waals surface area contributed by atoms with E-state index in [-0.39, 0.29) is 19.0 Å². The first-order valence-corrected chi connectivity index (χ1v) is 5.38. The van der Waals surface area contributed by atoms with Crippen molar-refractivity contribution in [3.8, 4) is 0 Å². The highest BCUT2D eigenvalue weighted by molar-refractivity contribution is 9.10. The maximum Gasteiger partial charge on any atom is 0.283 e. The highest BCUT2D eigenvalue weighted by Crippen LogP contribution is 2.20. The minimum Gasteiger partial charge on any atom is -0.331 e. The van der Waals surface area contributed by atoms with Crippen molar-refractivity contribution < 1.29 is 9.18 Å². The van der Waals surface area contributed by atoms with E-state index in [1.54, 1.807) is 5.38 Å². The molecule has 0 unspecified atom stereocenters. The Bertz CT molecular complexity index is 337. The molecule has 1 fully saturated rings. The molecule has 0 aromatic carbocycles. The molecule has 1 aliphatic rings. The Labute approximate surface area is 86.7 Å². The van der Waals surface area contributed by atoms with Crippen LogP contribution in [0.4, 0.5) is 4.39 Å². The number of aromatic nitrogens is 1. The Hall–Kier alpha value is -0.490. The third-order valence-electron chi connectivity index (χ3n) is 1.78. The summed E-state index contributed by atoms with van der Waals surface area (Å²) in [5, 5.41) is 2.15. The van der Waals surface area contributed by atoms with Crippen molar-refractivity contribution in [1.82, 2.24) is 9.88 Å². The van der Waals surface area contributed by atoms with Crippen LogP contribution in [0.5, 0.6) is 0 Å². The number of amides is 1. The Kier molecular flexibility index (Phi) is 2.33. The van der Waals surface area contributed by atoms with Crippen LogP contribution in [0.15, 0.2) is 9.98 Å². The maximum absolute atomic E-state index is 12.4. The predicted molar refractivity (Wildman–Crippen MR) is 50.6 cm³/mol. The fourth-order valence-electron chi connectivity index (χ4n) is 1.08. The van der Waals surface area contributed by atoms with Gasteiger partial charge in [0.2, 0.25) is 0 Å². The van der Waals surface area contributed by atoms with E-state index < -0.39 is 6.17 Å². The maximum atomic E-state index is 12.4. The number of rotatable bonds is 1. The number of hydrogen-bond acceptors (Lipinski definition) is 3. The van der Waals surface area contributed by atoms with Crippen LogP contribution in [0.1, 0.15) is 9.80 Å². The number of carbonyl (C=O) groups is 1. The van der Waals surface area contributed by atoms with Gasteiger partial charge in [-0.15, -0.1) is 11.3 Å². The second-order valence-electron chi connectivity index (χ2n) is 2.78. The van der Waals surface area contributed by atoms with Crippen LogP contribution in [0.2, 0.25) is 0 Å². The molecule has 0 saturated carbocycles. The lowest BCUT2D eigenvalue weighted by Gasteiger charge is -2.33. The molecule has 2 rings (SSSR count). The Morgan fingerprint density at radius 3 is 2.92 bits per heavy atom. The van der Waals surface area contributed by atoms with E-state index in [0.717, 1.165) is 0 Å². The van der Waals surface area contributed by atoms with Crippen LogP contribution in [0.25, 0.3) is 0 Å². The van der Waals surface area contributed by atoms with Crippen molar-refractivity contribution in [3.05, 3.63) is 15.0 Å². The van der Waals surface area contributed by atoms with E-state index in [9.17, 15) is 9.18 Å². The van der Waals surface area contributed by atoms with Gasteiger partial charge in [0, 0.05) is 5.38 Å². The number of nitrogens with zero attached hydrogens (tertiary/aromatic N) is 2. The Balaban J connectivity index is 2.06. The van der Waals surface area contributed by atoms with E-state index in [1.165, 1.54) is 16.2 Å². The molecule has 3 nitrogen and oxygen atoms in total. The number of likely N-dealkylation sites (tertiary alicyclic amines) is 1. The van der Waals surface area contributed by atoms with Gasteiger partial charge in [-0.2, -0.15) is 0 Å². The van der Waals surface area contributed by atoms with Crippen LogP contribution in [-0.2, 0) is 0 Å². The van der Waals surface area contributed by atoms with Crippen LogP contribution < -0.4 is 0 Å². The van der Waals surface area contributed by atoms with Gasteiger partial charge in [0.1, 0.15) is 10.8 Å². The van der Waals surface area contributed by atoms with Crippen molar-refractivity contribution in [3.63, 3.8) is 0 Å². The van der Waals surface area contributed by atoms with Crippen molar-refractivity contribution in [1.29, 1.82) is 0 Å². The molecule has 0 aliphatic carbocycles. The fourth-order valence-corrected chi connectivity index (χ4v) is 2.30. The summed E-state index contributed by atoms with van der Waals surface area (Å²) >= 11 is 4.42. The first-order chi connectivity index (χ1) is 6.16. The van der Waals surface area contributed by atoms with Crippen LogP contribution in [0.3, 0.4) is 0 Å². The van der Waals surface area contributed by atoms with E-state index >= 15 is 0 Å². The van der Waals surface area contributed by atoms with Gasteiger partial charge in [0.05, 0.1) is 13.1 Å². The summed E-state index contributed by atoms with van der Waals surface area (Å²) in [4.78, 5) is 16.9. The molecule has 1 aromatic rings. The lowest BCUT2D eigenvalue weighted by molar-refractivity contribution is 0.0400. The smallest absolute Gasteiger partial charge is 0.283 e. The quantitative estimate of drug-likeness (QED) is 0.774. The SMILES string of the molecule is O=C(c1nc(Br)cs1)N1CC(F)C1. The second-order valence-corrected chi connectivity index (χ2v) is 4.45. The first kappa shape index (κ1) is 9.08. The zero-order valence-electron chi connectivity index (χ0n) is 6.54. The first-order valence-electron chi connectivity index (χ1n) is 3.71. The number of carbonyl (C=O) groups excluding carboxylic acids is 1. The molecule has 1 saturated heterocycles. The molecule has 1 aliphatic heterocycles. The summed E-state index contributed by atoms with van der Waals surface area (Å²) in [5.41, 5.74) is 0. The molecule has 0 bridgehead atoms. The molecule has 70 valence electrons. The van der Waals surface area contributed by atoms with Crippen LogP contribution in [-0.4, -0.2) is 35.1 Å². The monoisotopic (exact) mass is 264 g/mol. The van der Waals surface area contributed by atoms with E-state index in [4.69, 9.17) is 0 Å². The van der Waals surface area contributed by atoms with Gasteiger partial charge in [-0.1, -0.05) is 0 Å². The van der Waals surface area contributed by atoms with Crippen molar-refractivity contribution in [2.45, 2.75) is 6.17 Å². The van der Waals surface area contributed by atoms with Gasteiger partial charge in [0.15, 0.2) is 5.01 Å². The van der Waals surface area contributed by atoms with Crippen molar-refractivity contribution in [2.75, 3.05) is 13.1 Å². The third kappa shape index (κ3) is 1.73. The topological polar surface area (TPSA) is 33.2 Å². The Morgan fingerprint density at radius 2 is 2.46 bits per heavy atom. The van der Waals surface area contributed by atoms with Gasteiger partial charge < -0.3 is 4.90 Å². The Morgan fingerprint density at radius 1 is 1.77 bits per heavy atom. The predicted octanol–water partition coefficient (Wildman–Crippen LogP) is 1.70. The lowest BCUT2D eigenvalue weighted by Crippen LogP contribution is -2.51. The summed E-state index contributed by atoms with van der Waals surface area (Å²) in [6, 6.07) is 0. The number of thiazole rings is 1. The van der Waals surface area contributed by atoms with Crippen molar-refractivity contribution in [2.24, 2.45) is 0 Å². The molecule has 0 atom stereocenters. The minimum absolute atomic E-state index is 0.176. The zero-order chi connectivity index (χ0) is 9.42. The summed E-state index contributed by atoms with van der Waals surface area (Å²) in [6.07, 6.45) is -0.854. The normalized spacial score (nSPS) is 17.2. The molecule has 0 N–H and O–H groups in total. The average molecular weight is 265 g/mol. The highest BCUT2D eigenvalue weighted by atomic mass is 79.9. The van der Waals surface area contributed by atoms with E-state index in [2.05, 4.69) is 20.9 Å². The van der Waals surface area contributed by atoms with Crippen LogP contribution >= 0.6 is 27.3 Å². The van der Waals surface area contributed by atoms with Gasteiger partial charge in [-0.05, 0) is 15.9 Å². The molecule has 0 spiro atoms. The largest absolute Gasteiger partial charge is 0.331 e. The average Bonchev–Trinajstić information content (AvgIpc) is 2.45. The van der Waals surface area contributed by atoms with E-state index in [1.807, 2.05) is 0 Å². The number of alkyl halides is 1. The number of hydrogen-bond donors (Lipinski definition) is 0. The molecule has 6 heteroatoms. The number of halogens is 2. The summed E-state index contributed by atoms with van der Waals surface area (Å²) in [7, 11) is 0. The summed E-state index contributed by atoms with van der Waals surface area (Å²) in [6.45, 7) is 0.409. The standard InChI is InChI=1S/C7H6BrFN2OS/c8-5-3-13-6(10-5)7(12)11-1-4(9)2-11/h3-4H,1-2H2. The van der Waals surface area contributed by atoms with Gasteiger partial charge >= 0.3 is 0 Å². The minimum atomic E-state index is -0.854. The molecule has 13 heavy (non-hydrogen) atoms. The molecular weight excluding hydrogens is 259 g/mol. The van der Waals surface area contributed by atoms with Crippen LogP contribution in [0, 0.1) is 0 Å². The molecule has 0 radical (unpaired) electrons. The molecule has 1 aromatic heterocycles. The van der Waals surface area contributed by atoms with Gasteiger partial charge in [-0.25, -0.2) is 9.37 Å². The van der Waals surface area contributed by atoms with Gasteiger partial charge in [-0.3, -0.25) is 4.79 Å².